The first-order chi connectivity index (χ1) is 6.68. The van der Waals surface area contributed by atoms with Crippen LogP contribution in [0.15, 0.2) is 4.42 Å². The highest BCUT2D eigenvalue weighted by atomic mass is 16.4. The highest BCUT2D eigenvalue weighted by Crippen LogP contribution is 2.27. The molecular weight excluding hydrogens is 176 g/mol. The third-order valence-corrected chi connectivity index (χ3v) is 2.79. The molecule has 1 aromatic heterocycles. The van der Waals surface area contributed by atoms with Crippen LogP contribution in [0.25, 0.3) is 0 Å². The molecule has 1 aliphatic heterocycles. The summed E-state index contributed by atoms with van der Waals surface area (Å²) >= 11 is 0. The van der Waals surface area contributed by atoms with Crippen LogP contribution in [0.4, 0.5) is 0 Å². The number of nitrogens with one attached hydrogen (secondary N) is 1. The van der Waals surface area contributed by atoms with Gasteiger partial charge in [-0.15, -0.1) is 0 Å². The van der Waals surface area contributed by atoms with Crippen molar-refractivity contribution in [3.8, 4) is 0 Å². The van der Waals surface area contributed by atoms with Crippen molar-refractivity contribution in [3.05, 3.63) is 17.3 Å². The number of nitrogens with zero attached hydrogens (tertiary/aromatic N) is 1. The largest absolute Gasteiger partial charge is 0.445 e. The van der Waals surface area contributed by atoms with E-state index in [0.717, 1.165) is 24.7 Å². The highest BCUT2D eigenvalue weighted by molar-refractivity contribution is 5.16. The van der Waals surface area contributed by atoms with Crippen molar-refractivity contribution in [1.29, 1.82) is 0 Å². The lowest BCUT2D eigenvalue weighted by Crippen LogP contribution is -2.08. The second kappa shape index (κ2) is 3.73. The molecule has 1 N–H and O–H groups in total. The fourth-order valence-corrected chi connectivity index (χ4v) is 1.94. The zero-order chi connectivity index (χ0) is 10.1. The molecule has 1 saturated heterocycles. The molecule has 0 amide bonds. The molecule has 0 spiro atoms. The van der Waals surface area contributed by atoms with E-state index < -0.39 is 0 Å². The van der Waals surface area contributed by atoms with Crippen LogP contribution in [-0.4, -0.2) is 18.1 Å². The number of hydrogen-bond acceptors (Lipinski definition) is 3. The number of hydrogen-bond donors (Lipinski definition) is 1. The Labute approximate surface area is 84.9 Å². The summed E-state index contributed by atoms with van der Waals surface area (Å²) in [7, 11) is 0. The zero-order valence-corrected chi connectivity index (χ0v) is 9.13. The normalized spacial score (nSPS) is 22.1. The van der Waals surface area contributed by atoms with Crippen molar-refractivity contribution in [1.82, 2.24) is 10.3 Å². The Morgan fingerprint density at radius 1 is 1.50 bits per heavy atom. The first kappa shape index (κ1) is 9.71. The third-order valence-electron chi connectivity index (χ3n) is 2.79. The van der Waals surface area contributed by atoms with E-state index in [2.05, 4.69) is 24.1 Å². The van der Waals surface area contributed by atoms with Crippen LogP contribution in [0.3, 0.4) is 0 Å². The Morgan fingerprint density at radius 3 is 2.79 bits per heavy atom. The van der Waals surface area contributed by atoms with E-state index in [1.807, 2.05) is 6.92 Å². The van der Waals surface area contributed by atoms with Gasteiger partial charge in [-0.3, -0.25) is 0 Å². The lowest BCUT2D eigenvalue weighted by atomic mass is 10.0. The highest BCUT2D eigenvalue weighted by Gasteiger charge is 2.23. The molecule has 3 heteroatoms. The topological polar surface area (TPSA) is 38.1 Å². The molecular formula is C11H18N2O. The Balaban J connectivity index is 2.24. The van der Waals surface area contributed by atoms with Gasteiger partial charge in [0, 0.05) is 18.4 Å². The van der Waals surface area contributed by atoms with Crippen LogP contribution in [-0.2, 0) is 0 Å². The van der Waals surface area contributed by atoms with Gasteiger partial charge in [0.1, 0.15) is 5.76 Å². The predicted molar refractivity (Wildman–Crippen MR) is 55.6 cm³/mol. The summed E-state index contributed by atoms with van der Waals surface area (Å²) in [6.07, 6.45) is 1.19. The van der Waals surface area contributed by atoms with Gasteiger partial charge in [0.15, 0.2) is 5.89 Å². The number of aryl methyl sites for hydroxylation is 1. The maximum atomic E-state index is 5.65. The molecule has 14 heavy (non-hydrogen) atoms. The molecule has 0 radical (unpaired) electrons. The van der Waals surface area contributed by atoms with Crippen molar-refractivity contribution in [3.63, 3.8) is 0 Å². The van der Waals surface area contributed by atoms with Gasteiger partial charge < -0.3 is 9.73 Å². The zero-order valence-electron chi connectivity index (χ0n) is 9.13. The minimum atomic E-state index is 0.386. The molecule has 1 aliphatic rings. The molecule has 1 aromatic rings. The van der Waals surface area contributed by atoms with Crippen molar-refractivity contribution in [2.75, 3.05) is 13.1 Å². The van der Waals surface area contributed by atoms with E-state index in [1.165, 1.54) is 12.1 Å². The summed E-state index contributed by atoms with van der Waals surface area (Å²) < 4.78 is 5.65. The lowest BCUT2D eigenvalue weighted by molar-refractivity contribution is 0.449. The van der Waals surface area contributed by atoms with Crippen LogP contribution < -0.4 is 5.32 Å². The van der Waals surface area contributed by atoms with Gasteiger partial charge in [-0.25, -0.2) is 4.98 Å². The Bertz CT molecular complexity index is 311. The predicted octanol–water partition coefficient (Wildman–Crippen LogP) is 2.18. The molecule has 0 aromatic carbocycles. The van der Waals surface area contributed by atoms with Gasteiger partial charge in [0.25, 0.3) is 0 Å². The maximum Gasteiger partial charge on any atom is 0.197 e. The average Bonchev–Trinajstić information content (AvgIpc) is 2.71. The molecule has 78 valence electrons. The van der Waals surface area contributed by atoms with Crippen LogP contribution in [0.5, 0.6) is 0 Å². The van der Waals surface area contributed by atoms with Gasteiger partial charge >= 0.3 is 0 Å². The Hall–Kier alpha value is -0.830. The summed E-state index contributed by atoms with van der Waals surface area (Å²) in [6.45, 7) is 8.40. The van der Waals surface area contributed by atoms with Gasteiger partial charge in [-0.2, -0.15) is 0 Å². The first-order valence-corrected chi connectivity index (χ1v) is 5.36. The molecule has 1 unspecified atom stereocenters. The number of oxazole rings is 1. The summed E-state index contributed by atoms with van der Waals surface area (Å²) in [5.41, 5.74) is 1.17. The fraction of sp³-hybridized carbons (Fsp3) is 0.727. The van der Waals surface area contributed by atoms with Gasteiger partial charge in [0.05, 0.1) is 5.69 Å². The summed E-state index contributed by atoms with van der Waals surface area (Å²) in [6, 6.07) is 0. The maximum absolute atomic E-state index is 5.65. The number of rotatable bonds is 2. The third kappa shape index (κ3) is 1.69. The smallest absolute Gasteiger partial charge is 0.197 e. The van der Waals surface area contributed by atoms with Crippen molar-refractivity contribution in [2.45, 2.75) is 39.0 Å². The summed E-state index contributed by atoms with van der Waals surface area (Å²) in [5, 5.41) is 3.35. The van der Waals surface area contributed by atoms with E-state index in [1.54, 1.807) is 0 Å². The lowest BCUT2D eigenvalue weighted by Gasteiger charge is -2.03. The Kier molecular flexibility index (Phi) is 2.59. The van der Waals surface area contributed by atoms with E-state index in [-0.39, 0.29) is 0 Å². The molecule has 2 rings (SSSR count). The van der Waals surface area contributed by atoms with E-state index >= 15 is 0 Å². The minimum Gasteiger partial charge on any atom is -0.445 e. The van der Waals surface area contributed by atoms with Gasteiger partial charge in [0.2, 0.25) is 0 Å². The molecule has 2 heterocycles. The first-order valence-electron chi connectivity index (χ1n) is 5.36. The van der Waals surface area contributed by atoms with Gasteiger partial charge in [-0.1, -0.05) is 13.8 Å². The van der Waals surface area contributed by atoms with Crippen molar-refractivity contribution in [2.24, 2.45) is 0 Å². The van der Waals surface area contributed by atoms with Crippen LogP contribution in [0, 0.1) is 6.92 Å². The molecule has 0 bridgehead atoms. The standard InChI is InChI=1S/C11H18N2O/c1-7(2)11-13-10(8(3)14-11)9-4-5-12-6-9/h7,9,12H,4-6H2,1-3H3. The van der Waals surface area contributed by atoms with Crippen LogP contribution in [0.1, 0.15) is 49.4 Å². The van der Waals surface area contributed by atoms with E-state index in [4.69, 9.17) is 4.42 Å². The Morgan fingerprint density at radius 2 is 2.29 bits per heavy atom. The van der Waals surface area contributed by atoms with Crippen LogP contribution >= 0.6 is 0 Å². The minimum absolute atomic E-state index is 0.386. The molecule has 3 nitrogen and oxygen atoms in total. The quantitative estimate of drug-likeness (QED) is 0.784. The molecule has 0 aliphatic carbocycles. The van der Waals surface area contributed by atoms with E-state index in [9.17, 15) is 0 Å². The van der Waals surface area contributed by atoms with Crippen molar-refractivity contribution >= 4 is 0 Å². The summed E-state index contributed by atoms with van der Waals surface area (Å²) in [5.74, 6) is 2.83. The number of aromatic nitrogens is 1. The monoisotopic (exact) mass is 194 g/mol. The van der Waals surface area contributed by atoms with Crippen molar-refractivity contribution < 1.29 is 4.42 Å². The molecule has 1 atom stereocenters. The second-order valence-corrected chi connectivity index (χ2v) is 4.34. The van der Waals surface area contributed by atoms with Gasteiger partial charge in [-0.05, 0) is 19.9 Å². The second-order valence-electron chi connectivity index (χ2n) is 4.34. The molecule has 0 saturated carbocycles. The van der Waals surface area contributed by atoms with Crippen LogP contribution in [0.2, 0.25) is 0 Å². The van der Waals surface area contributed by atoms with E-state index in [0.29, 0.717) is 11.8 Å². The molecule has 1 fully saturated rings. The summed E-state index contributed by atoms with van der Waals surface area (Å²) in [4.78, 5) is 4.58. The SMILES string of the molecule is Cc1oc(C(C)C)nc1C1CCNC1. The average molecular weight is 194 g/mol. The fourth-order valence-electron chi connectivity index (χ4n) is 1.94.